The van der Waals surface area contributed by atoms with Gasteiger partial charge in [-0.1, -0.05) is 23.7 Å². The standard InChI is InChI=1S/C11H10ClN3S2/c1-13-10(16)15-11-14-9(6-17-11)7-2-4-8(12)5-3-7/h2-6H,1H3,(H2,13,14,15,16). The molecule has 1 heterocycles. The lowest BCUT2D eigenvalue weighted by Crippen LogP contribution is -2.23. The Bertz CT molecular complexity index is 522. The molecule has 2 N–H and O–H groups in total. The zero-order valence-corrected chi connectivity index (χ0v) is 11.4. The lowest BCUT2D eigenvalue weighted by atomic mass is 10.2. The molecular formula is C11H10ClN3S2. The number of benzene rings is 1. The molecule has 0 bridgehead atoms. The van der Waals surface area contributed by atoms with E-state index in [0.717, 1.165) is 21.4 Å². The number of anilines is 1. The molecule has 3 nitrogen and oxygen atoms in total. The minimum Gasteiger partial charge on any atom is -0.365 e. The number of aromatic nitrogens is 1. The highest BCUT2D eigenvalue weighted by molar-refractivity contribution is 7.80. The molecule has 0 unspecified atom stereocenters. The van der Waals surface area contributed by atoms with Crippen molar-refractivity contribution in [2.24, 2.45) is 0 Å². The third kappa shape index (κ3) is 3.15. The molecule has 0 saturated carbocycles. The zero-order valence-electron chi connectivity index (χ0n) is 9.03. The average Bonchev–Trinajstić information content (AvgIpc) is 2.78. The Balaban J connectivity index is 2.18. The molecule has 0 atom stereocenters. The largest absolute Gasteiger partial charge is 0.365 e. The Labute approximate surface area is 114 Å². The van der Waals surface area contributed by atoms with Gasteiger partial charge in [0.05, 0.1) is 5.69 Å². The monoisotopic (exact) mass is 283 g/mol. The Morgan fingerprint density at radius 1 is 1.35 bits per heavy atom. The summed E-state index contributed by atoms with van der Waals surface area (Å²) < 4.78 is 0. The summed E-state index contributed by atoms with van der Waals surface area (Å²) in [6, 6.07) is 7.58. The van der Waals surface area contributed by atoms with E-state index in [1.165, 1.54) is 11.3 Å². The van der Waals surface area contributed by atoms with E-state index in [2.05, 4.69) is 15.6 Å². The summed E-state index contributed by atoms with van der Waals surface area (Å²) in [5.41, 5.74) is 1.95. The van der Waals surface area contributed by atoms with Crippen LogP contribution in [-0.4, -0.2) is 17.1 Å². The normalized spacial score (nSPS) is 10.0. The van der Waals surface area contributed by atoms with Crippen LogP contribution in [0.5, 0.6) is 0 Å². The molecule has 0 aliphatic heterocycles. The van der Waals surface area contributed by atoms with E-state index in [1.54, 1.807) is 7.05 Å². The first kappa shape index (κ1) is 12.3. The van der Waals surface area contributed by atoms with E-state index in [4.69, 9.17) is 23.8 Å². The number of thiazole rings is 1. The molecule has 17 heavy (non-hydrogen) atoms. The van der Waals surface area contributed by atoms with Crippen LogP contribution in [0.1, 0.15) is 0 Å². The van der Waals surface area contributed by atoms with Crippen LogP contribution < -0.4 is 10.6 Å². The molecule has 0 aliphatic rings. The van der Waals surface area contributed by atoms with E-state index in [-0.39, 0.29) is 0 Å². The second kappa shape index (κ2) is 5.44. The molecule has 0 saturated heterocycles. The highest BCUT2D eigenvalue weighted by atomic mass is 35.5. The number of halogens is 1. The van der Waals surface area contributed by atoms with E-state index >= 15 is 0 Å². The molecule has 88 valence electrons. The van der Waals surface area contributed by atoms with Crippen molar-refractivity contribution < 1.29 is 0 Å². The van der Waals surface area contributed by atoms with Crippen LogP contribution in [-0.2, 0) is 0 Å². The maximum absolute atomic E-state index is 5.84. The Kier molecular flexibility index (Phi) is 3.93. The maximum Gasteiger partial charge on any atom is 0.189 e. The summed E-state index contributed by atoms with van der Waals surface area (Å²) in [6.07, 6.45) is 0. The van der Waals surface area contributed by atoms with Crippen LogP contribution in [0.4, 0.5) is 5.13 Å². The van der Waals surface area contributed by atoms with Crippen molar-refractivity contribution in [1.82, 2.24) is 10.3 Å². The summed E-state index contributed by atoms with van der Waals surface area (Å²) in [7, 11) is 1.77. The fourth-order valence-corrected chi connectivity index (χ4v) is 2.26. The van der Waals surface area contributed by atoms with Gasteiger partial charge in [-0.15, -0.1) is 11.3 Å². The van der Waals surface area contributed by atoms with Gasteiger partial charge in [0.25, 0.3) is 0 Å². The predicted octanol–water partition coefficient (Wildman–Crippen LogP) is 3.38. The zero-order chi connectivity index (χ0) is 12.3. The maximum atomic E-state index is 5.84. The van der Waals surface area contributed by atoms with Crippen LogP contribution in [0, 0.1) is 0 Å². The molecule has 1 aromatic carbocycles. The van der Waals surface area contributed by atoms with Gasteiger partial charge < -0.3 is 10.6 Å². The molecule has 0 amide bonds. The first-order valence-corrected chi connectivity index (χ1v) is 6.56. The second-order valence-corrected chi connectivity index (χ2v) is 4.95. The van der Waals surface area contributed by atoms with Gasteiger partial charge in [0, 0.05) is 23.0 Å². The molecule has 2 rings (SSSR count). The molecule has 1 aromatic heterocycles. The predicted molar refractivity (Wildman–Crippen MR) is 77.8 cm³/mol. The topological polar surface area (TPSA) is 37.0 Å². The number of thiocarbonyl (C=S) groups is 1. The summed E-state index contributed by atoms with van der Waals surface area (Å²) >= 11 is 12.4. The summed E-state index contributed by atoms with van der Waals surface area (Å²) in [6.45, 7) is 0. The Hall–Kier alpha value is -1.17. The van der Waals surface area contributed by atoms with E-state index in [9.17, 15) is 0 Å². The molecule has 0 aliphatic carbocycles. The van der Waals surface area contributed by atoms with Crippen molar-refractivity contribution in [3.8, 4) is 11.3 Å². The molecule has 2 aromatic rings. The van der Waals surface area contributed by atoms with Crippen molar-refractivity contribution in [3.63, 3.8) is 0 Å². The van der Waals surface area contributed by atoms with Crippen LogP contribution >= 0.6 is 35.2 Å². The number of hydrogen-bond donors (Lipinski definition) is 2. The molecule has 0 spiro atoms. The van der Waals surface area contributed by atoms with Crippen molar-refractivity contribution in [2.75, 3.05) is 12.4 Å². The summed E-state index contributed by atoms with van der Waals surface area (Å²) in [5, 5.41) is 9.86. The van der Waals surface area contributed by atoms with Crippen molar-refractivity contribution in [2.45, 2.75) is 0 Å². The van der Waals surface area contributed by atoms with Crippen molar-refractivity contribution >= 4 is 45.4 Å². The van der Waals surface area contributed by atoms with Crippen LogP contribution in [0.25, 0.3) is 11.3 Å². The van der Waals surface area contributed by atoms with Crippen LogP contribution in [0.2, 0.25) is 5.02 Å². The fourth-order valence-electron chi connectivity index (χ4n) is 1.24. The third-order valence-corrected chi connectivity index (χ3v) is 3.41. The number of nitrogens with one attached hydrogen (secondary N) is 2. The number of hydrogen-bond acceptors (Lipinski definition) is 3. The van der Waals surface area contributed by atoms with E-state index in [1.807, 2.05) is 29.6 Å². The van der Waals surface area contributed by atoms with Crippen LogP contribution in [0.15, 0.2) is 29.6 Å². The molecule has 0 fully saturated rings. The minimum atomic E-state index is 0.557. The minimum absolute atomic E-state index is 0.557. The highest BCUT2D eigenvalue weighted by Gasteiger charge is 2.05. The Morgan fingerprint density at radius 3 is 2.71 bits per heavy atom. The van der Waals surface area contributed by atoms with Gasteiger partial charge in [0.2, 0.25) is 0 Å². The van der Waals surface area contributed by atoms with Gasteiger partial charge >= 0.3 is 0 Å². The van der Waals surface area contributed by atoms with Gasteiger partial charge in [0.15, 0.2) is 10.2 Å². The van der Waals surface area contributed by atoms with Gasteiger partial charge in [-0.25, -0.2) is 4.98 Å². The van der Waals surface area contributed by atoms with Gasteiger partial charge in [-0.3, -0.25) is 0 Å². The summed E-state index contributed by atoms with van der Waals surface area (Å²) in [5.74, 6) is 0. The SMILES string of the molecule is CNC(=S)Nc1nc(-c2ccc(Cl)cc2)cs1. The summed E-state index contributed by atoms with van der Waals surface area (Å²) in [4.78, 5) is 4.43. The quantitative estimate of drug-likeness (QED) is 0.829. The number of rotatable bonds is 2. The van der Waals surface area contributed by atoms with Crippen LogP contribution in [0.3, 0.4) is 0 Å². The Morgan fingerprint density at radius 2 is 2.06 bits per heavy atom. The molecule has 0 radical (unpaired) electrons. The first-order chi connectivity index (χ1) is 8.19. The average molecular weight is 284 g/mol. The molecular weight excluding hydrogens is 274 g/mol. The van der Waals surface area contributed by atoms with Gasteiger partial charge in [-0.2, -0.15) is 0 Å². The molecule has 6 heteroatoms. The van der Waals surface area contributed by atoms with E-state index in [0.29, 0.717) is 5.11 Å². The lowest BCUT2D eigenvalue weighted by molar-refractivity contribution is 1.19. The van der Waals surface area contributed by atoms with E-state index < -0.39 is 0 Å². The van der Waals surface area contributed by atoms with Gasteiger partial charge in [-0.05, 0) is 24.4 Å². The first-order valence-electron chi connectivity index (χ1n) is 4.89. The van der Waals surface area contributed by atoms with Gasteiger partial charge in [0.1, 0.15) is 0 Å². The smallest absolute Gasteiger partial charge is 0.189 e. The highest BCUT2D eigenvalue weighted by Crippen LogP contribution is 2.25. The number of nitrogens with zero attached hydrogens (tertiary/aromatic N) is 1. The van der Waals surface area contributed by atoms with Crippen molar-refractivity contribution in [1.29, 1.82) is 0 Å². The fraction of sp³-hybridized carbons (Fsp3) is 0.0909. The lowest BCUT2D eigenvalue weighted by Gasteiger charge is -2.01. The van der Waals surface area contributed by atoms with Crippen molar-refractivity contribution in [3.05, 3.63) is 34.7 Å². The third-order valence-electron chi connectivity index (χ3n) is 2.09. The second-order valence-electron chi connectivity index (χ2n) is 3.25.